The van der Waals surface area contributed by atoms with Crippen molar-refractivity contribution in [2.45, 2.75) is 104 Å². The van der Waals surface area contributed by atoms with Crippen molar-refractivity contribution in [1.82, 2.24) is 0 Å². The standard InChI is InChI=1S/C18H36/c1-4-6-7-8-9-10-11-12-13-14-15-16-17-18(3)5-2/h3-17H2,1-2H3. The summed E-state index contributed by atoms with van der Waals surface area (Å²) in [6.45, 7) is 8.56. The van der Waals surface area contributed by atoms with Crippen molar-refractivity contribution in [2.24, 2.45) is 0 Å². The molecule has 0 atom stereocenters. The van der Waals surface area contributed by atoms with Crippen molar-refractivity contribution >= 4 is 0 Å². The maximum atomic E-state index is 4.06. The Hall–Kier alpha value is -0.260. The Morgan fingerprint density at radius 3 is 1.39 bits per heavy atom. The van der Waals surface area contributed by atoms with E-state index in [-0.39, 0.29) is 0 Å². The van der Waals surface area contributed by atoms with Crippen LogP contribution < -0.4 is 0 Å². The van der Waals surface area contributed by atoms with E-state index in [2.05, 4.69) is 20.4 Å². The lowest BCUT2D eigenvalue weighted by molar-refractivity contribution is 0.543. The van der Waals surface area contributed by atoms with E-state index in [0.717, 1.165) is 6.42 Å². The molecule has 0 aliphatic carbocycles. The molecule has 0 aromatic heterocycles. The van der Waals surface area contributed by atoms with Gasteiger partial charge in [0.2, 0.25) is 0 Å². The lowest BCUT2D eigenvalue weighted by Gasteiger charge is -2.03. The summed E-state index contributed by atoms with van der Waals surface area (Å²) in [5.41, 5.74) is 1.43. The van der Waals surface area contributed by atoms with Crippen LogP contribution in [0.5, 0.6) is 0 Å². The van der Waals surface area contributed by atoms with E-state index >= 15 is 0 Å². The highest BCUT2D eigenvalue weighted by atomic mass is 14.0. The highest BCUT2D eigenvalue weighted by Crippen LogP contribution is 2.14. The molecule has 108 valence electrons. The molecule has 0 saturated carbocycles. The summed E-state index contributed by atoms with van der Waals surface area (Å²) in [6, 6.07) is 0. The van der Waals surface area contributed by atoms with Crippen molar-refractivity contribution in [3.05, 3.63) is 12.2 Å². The summed E-state index contributed by atoms with van der Waals surface area (Å²) >= 11 is 0. The molecule has 0 heteroatoms. The highest BCUT2D eigenvalue weighted by molar-refractivity contribution is 4.91. The summed E-state index contributed by atoms with van der Waals surface area (Å²) in [5.74, 6) is 0. The van der Waals surface area contributed by atoms with Crippen LogP contribution in [0.3, 0.4) is 0 Å². The average molecular weight is 252 g/mol. The van der Waals surface area contributed by atoms with E-state index in [0.29, 0.717) is 0 Å². The Balaban J connectivity index is 2.97. The third kappa shape index (κ3) is 13.8. The summed E-state index contributed by atoms with van der Waals surface area (Å²) in [7, 11) is 0. The Bertz CT molecular complexity index is 169. The predicted octanol–water partition coefficient (Wildman–Crippen LogP) is 7.04. The molecule has 0 saturated heterocycles. The van der Waals surface area contributed by atoms with Gasteiger partial charge < -0.3 is 0 Å². The molecule has 0 spiro atoms. The molecular weight excluding hydrogens is 216 g/mol. The molecule has 0 nitrogen and oxygen atoms in total. The minimum atomic E-state index is 1.16. The van der Waals surface area contributed by atoms with Gasteiger partial charge in [0.05, 0.1) is 0 Å². The molecule has 0 aromatic carbocycles. The molecule has 0 aliphatic rings. The Kier molecular flexibility index (Phi) is 14.6. The van der Waals surface area contributed by atoms with Gasteiger partial charge in [0.1, 0.15) is 0 Å². The molecule has 0 amide bonds. The summed E-state index contributed by atoms with van der Waals surface area (Å²) < 4.78 is 0. The van der Waals surface area contributed by atoms with Gasteiger partial charge in [-0.15, -0.1) is 0 Å². The second-order valence-corrected chi connectivity index (χ2v) is 5.74. The fourth-order valence-electron chi connectivity index (χ4n) is 2.39. The topological polar surface area (TPSA) is 0 Å². The van der Waals surface area contributed by atoms with E-state index in [4.69, 9.17) is 0 Å². The Morgan fingerprint density at radius 1 is 0.611 bits per heavy atom. The van der Waals surface area contributed by atoms with Crippen LogP contribution >= 0.6 is 0 Å². The van der Waals surface area contributed by atoms with Gasteiger partial charge in [0, 0.05) is 0 Å². The number of allylic oxidation sites excluding steroid dienone is 1. The number of hydrogen-bond donors (Lipinski definition) is 0. The van der Waals surface area contributed by atoms with Crippen molar-refractivity contribution in [3.8, 4) is 0 Å². The van der Waals surface area contributed by atoms with Crippen LogP contribution in [0.1, 0.15) is 104 Å². The Morgan fingerprint density at radius 2 is 1.00 bits per heavy atom. The molecular formula is C18H36. The van der Waals surface area contributed by atoms with E-state index < -0.39 is 0 Å². The average Bonchev–Trinajstić information content (AvgIpc) is 2.39. The van der Waals surface area contributed by atoms with E-state index in [9.17, 15) is 0 Å². The van der Waals surface area contributed by atoms with Crippen LogP contribution in [0.4, 0.5) is 0 Å². The molecule has 0 aliphatic heterocycles. The molecule has 0 radical (unpaired) electrons. The second-order valence-electron chi connectivity index (χ2n) is 5.74. The minimum Gasteiger partial charge on any atom is -0.0999 e. The van der Waals surface area contributed by atoms with Crippen LogP contribution in [0.15, 0.2) is 12.2 Å². The smallest absolute Gasteiger partial charge is 0.0323 e. The molecule has 0 rings (SSSR count). The van der Waals surface area contributed by atoms with Crippen LogP contribution in [0.25, 0.3) is 0 Å². The monoisotopic (exact) mass is 252 g/mol. The minimum absolute atomic E-state index is 1.16. The van der Waals surface area contributed by atoms with Crippen molar-refractivity contribution < 1.29 is 0 Å². The fraction of sp³-hybridized carbons (Fsp3) is 0.889. The van der Waals surface area contributed by atoms with Crippen molar-refractivity contribution in [3.63, 3.8) is 0 Å². The summed E-state index contributed by atoms with van der Waals surface area (Å²) in [4.78, 5) is 0. The van der Waals surface area contributed by atoms with Crippen LogP contribution in [0.2, 0.25) is 0 Å². The fourth-order valence-corrected chi connectivity index (χ4v) is 2.39. The highest BCUT2D eigenvalue weighted by Gasteiger charge is 1.94. The number of unbranched alkanes of at least 4 members (excludes halogenated alkanes) is 11. The molecule has 0 aromatic rings. The largest absolute Gasteiger partial charge is 0.0999 e. The first kappa shape index (κ1) is 17.7. The van der Waals surface area contributed by atoms with Crippen LogP contribution in [-0.4, -0.2) is 0 Å². The zero-order valence-corrected chi connectivity index (χ0v) is 13.1. The van der Waals surface area contributed by atoms with Crippen molar-refractivity contribution in [2.75, 3.05) is 0 Å². The summed E-state index contributed by atoms with van der Waals surface area (Å²) in [5, 5.41) is 0. The Labute approximate surface area is 116 Å². The van der Waals surface area contributed by atoms with Gasteiger partial charge >= 0.3 is 0 Å². The van der Waals surface area contributed by atoms with Gasteiger partial charge in [0.25, 0.3) is 0 Å². The van der Waals surface area contributed by atoms with Crippen LogP contribution in [0, 0.1) is 0 Å². The number of hydrogen-bond acceptors (Lipinski definition) is 0. The first-order valence-electron chi connectivity index (χ1n) is 8.47. The van der Waals surface area contributed by atoms with Gasteiger partial charge in [-0.05, 0) is 19.3 Å². The lowest BCUT2D eigenvalue weighted by Crippen LogP contribution is -1.84. The molecule has 0 bridgehead atoms. The van der Waals surface area contributed by atoms with E-state index in [1.54, 1.807) is 0 Å². The van der Waals surface area contributed by atoms with Gasteiger partial charge in [-0.2, -0.15) is 0 Å². The van der Waals surface area contributed by atoms with E-state index in [1.165, 1.54) is 89.0 Å². The lowest BCUT2D eigenvalue weighted by atomic mass is 10.0. The van der Waals surface area contributed by atoms with Crippen molar-refractivity contribution in [1.29, 1.82) is 0 Å². The maximum Gasteiger partial charge on any atom is -0.0323 e. The third-order valence-corrected chi connectivity index (χ3v) is 3.88. The normalized spacial score (nSPS) is 10.8. The molecule has 0 unspecified atom stereocenters. The van der Waals surface area contributed by atoms with Gasteiger partial charge in [-0.25, -0.2) is 0 Å². The number of rotatable bonds is 14. The quantitative estimate of drug-likeness (QED) is 0.230. The van der Waals surface area contributed by atoms with Gasteiger partial charge in [0.15, 0.2) is 0 Å². The maximum absolute atomic E-state index is 4.06. The van der Waals surface area contributed by atoms with Crippen LogP contribution in [-0.2, 0) is 0 Å². The molecule has 0 fully saturated rings. The summed E-state index contributed by atoms with van der Waals surface area (Å²) in [6.07, 6.45) is 19.7. The zero-order valence-electron chi connectivity index (χ0n) is 13.1. The first-order chi connectivity index (χ1) is 8.81. The van der Waals surface area contributed by atoms with E-state index in [1.807, 2.05) is 0 Å². The van der Waals surface area contributed by atoms with Gasteiger partial charge in [-0.1, -0.05) is 96.6 Å². The molecule has 0 N–H and O–H groups in total. The molecule has 18 heavy (non-hydrogen) atoms. The van der Waals surface area contributed by atoms with Gasteiger partial charge in [-0.3, -0.25) is 0 Å². The zero-order chi connectivity index (χ0) is 13.5. The predicted molar refractivity (Wildman–Crippen MR) is 85.1 cm³/mol. The SMILES string of the molecule is C=C(CC)CCCCCCCCCCCCCC. The first-order valence-corrected chi connectivity index (χ1v) is 8.47. The third-order valence-electron chi connectivity index (χ3n) is 3.88. The molecule has 0 heterocycles. The second kappa shape index (κ2) is 14.8.